The van der Waals surface area contributed by atoms with Crippen LogP contribution in [0.1, 0.15) is 25.0 Å². The van der Waals surface area contributed by atoms with Crippen molar-refractivity contribution in [1.82, 2.24) is 9.55 Å². The normalized spacial score (nSPS) is 10.8. The fourth-order valence-corrected chi connectivity index (χ4v) is 3.71. The van der Waals surface area contributed by atoms with Gasteiger partial charge < -0.3 is 5.32 Å². The molecule has 1 amide bonds. The lowest BCUT2D eigenvalue weighted by atomic mass is 10.0. The van der Waals surface area contributed by atoms with Gasteiger partial charge in [-0.05, 0) is 48.2 Å². The Balaban J connectivity index is 1.74. The van der Waals surface area contributed by atoms with E-state index in [2.05, 4.69) is 46.9 Å². The SMILES string of the molecule is CCc1cccc(CC)c1-n1ccnc1SCC(=O)Nc1ccc(F)cc1. The molecule has 0 unspecified atom stereocenters. The number of anilines is 1. The van der Waals surface area contributed by atoms with Crippen LogP contribution in [0.25, 0.3) is 5.69 Å². The van der Waals surface area contributed by atoms with Gasteiger partial charge in [-0.25, -0.2) is 9.37 Å². The molecule has 0 saturated carbocycles. The van der Waals surface area contributed by atoms with Gasteiger partial charge in [0, 0.05) is 18.1 Å². The number of halogens is 1. The molecular formula is C21H22FN3OS. The van der Waals surface area contributed by atoms with Crippen LogP contribution < -0.4 is 5.32 Å². The highest BCUT2D eigenvalue weighted by atomic mass is 32.2. The Kier molecular flexibility index (Phi) is 6.29. The van der Waals surface area contributed by atoms with Crippen LogP contribution in [0.3, 0.4) is 0 Å². The minimum absolute atomic E-state index is 0.152. The summed E-state index contributed by atoms with van der Waals surface area (Å²) in [6, 6.07) is 12.1. The Morgan fingerprint density at radius 1 is 1.11 bits per heavy atom. The monoisotopic (exact) mass is 383 g/mol. The van der Waals surface area contributed by atoms with E-state index in [1.54, 1.807) is 18.3 Å². The number of nitrogens with one attached hydrogen (secondary N) is 1. The maximum Gasteiger partial charge on any atom is 0.234 e. The van der Waals surface area contributed by atoms with Crippen molar-refractivity contribution in [2.45, 2.75) is 31.8 Å². The van der Waals surface area contributed by atoms with Crippen LogP contribution in [-0.2, 0) is 17.6 Å². The van der Waals surface area contributed by atoms with Crippen molar-refractivity contribution in [1.29, 1.82) is 0 Å². The van der Waals surface area contributed by atoms with Crippen LogP contribution in [0.5, 0.6) is 0 Å². The van der Waals surface area contributed by atoms with Crippen molar-refractivity contribution in [3.63, 3.8) is 0 Å². The molecule has 0 spiro atoms. The molecule has 1 N–H and O–H groups in total. The summed E-state index contributed by atoms with van der Waals surface area (Å²) in [6.07, 6.45) is 5.55. The van der Waals surface area contributed by atoms with Crippen molar-refractivity contribution >= 4 is 23.4 Å². The van der Waals surface area contributed by atoms with E-state index in [-0.39, 0.29) is 17.5 Å². The van der Waals surface area contributed by atoms with Crippen molar-refractivity contribution in [3.8, 4) is 5.69 Å². The number of nitrogens with zero attached hydrogens (tertiary/aromatic N) is 2. The molecule has 4 nitrogen and oxygen atoms in total. The number of carbonyl (C=O) groups is 1. The number of amides is 1. The van der Waals surface area contributed by atoms with E-state index in [1.165, 1.54) is 35.0 Å². The third-order valence-electron chi connectivity index (χ3n) is 4.27. The number of imidazole rings is 1. The highest BCUT2D eigenvalue weighted by Gasteiger charge is 2.14. The average molecular weight is 383 g/mol. The standard InChI is InChI=1S/C21H22FN3OS/c1-3-15-6-5-7-16(4-2)20(15)25-13-12-23-21(25)27-14-19(26)24-18-10-8-17(22)9-11-18/h5-13H,3-4,14H2,1-2H3,(H,24,26). The number of hydrogen-bond donors (Lipinski definition) is 1. The van der Waals surface area contributed by atoms with Crippen molar-refractivity contribution in [3.05, 3.63) is 71.8 Å². The molecule has 3 aromatic rings. The molecule has 140 valence electrons. The maximum absolute atomic E-state index is 13.0. The van der Waals surface area contributed by atoms with Gasteiger partial charge in [-0.1, -0.05) is 43.8 Å². The molecule has 2 aromatic carbocycles. The Bertz CT molecular complexity index is 899. The number of hydrogen-bond acceptors (Lipinski definition) is 3. The largest absolute Gasteiger partial charge is 0.325 e. The number of aryl methyl sites for hydroxylation is 2. The number of aromatic nitrogens is 2. The minimum atomic E-state index is -0.328. The molecule has 3 rings (SSSR count). The van der Waals surface area contributed by atoms with Gasteiger partial charge in [0.05, 0.1) is 11.4 Å². The van der Waals surface area contributed by atoms with Crippen LogP contribution >= 0.6 is 11.8 Å². The fourth-order valence-electron chi connectivity index (χ4n) is 2.95. The molecular weight excluding hydrogens is 361 g/mol. The molecule has 0 atom stereocenters. The summed E-state index contributed by atoms with van der Waals surface area (Å²) >= 11 is 1.38. The summed E-state index contributed by atoms with van der Waals surface area (Å²) in [7, 11) is 0. The van der Waals surface area contributed by atoms with Crippen molar-refractivity contribution in [2.24, 2.45) is 0 Å². The van der Waals surface area contributed by atoms with E-state index in [4.69, 9.17) is 0 Å². The molecule has 0 fully saturated rings. The summed E-state index contributed by atoms with van der Waals surface area (Å²) in [4.78, 5) is 16.7. The first-order chi connectivity index (χ1) is 13.1. The molecule has 0 aliphatic carbocycles. The van der Waals surface area contributed by atoms with Gasteiger partial charge in [-0.2, -0.15) is 0 Å². The molecule has 0 radical (unpaired) electrons. The Morgan fingerprint density at radius 2 is 1.78 bits per heavy atom. The van der Waals surface area contributed by atoms with Crippen LogP contribution in [-0.4, -0.2) is 21.2 Å². The fraction of sp³-hybridized carbons (Fsp3) is 0.238. The molecule has 0 aliphatic heterocycles. The van der Waals surface area contributed by atoms with E-state index < -0.39 is 0 Å². The zero-order chi connectivity index (χ0) is 19.2. The second-order valence-corrected chi connectivity index (χ2v) is 7.00. The lowest BCUT2D eigenvalue weighted by molar-refractivity contribution is -0.113. The first kappa shape index (κ1) is 19.2. The zero-order valence-electron chi connectivity index (χ0n) is 15.4. The van der Waals surface area contributed by atoms with Gasteiger partial charge in [-0.15, -0.1) is 0 Å². The second kappa shape index (κ2) is 8.86. The summed E-state index contributed by atoms with van der Waals surface area (Å²) in [5.41, 5.74) is 4.24. The Labute approximate surface area is 162 Å². The van der Waals surface area contributed by atoms with Gasteiger partial charge in [-0.3, -0.25) is 9.36 Å². The molecule has 1 heterocycles. The topological polar surface area (TPSA) is 46.9 Å². The molecule has 0 saturated heterocycles. The third-order valence-corrected chi connectivity index (χ3v) is 5.24. The highest BCUT2D eigenvalue weighted by molar-refractivity contribution is 7.99. The summed E-state index contributed by atoms with van der Waals surface area (Å²) in [5.74, 6) is -0.254. The van der Waals surface area contributed by atoms with E-state index in [0.29, 0.717) is 5.69 Å². The number of para-hydroxylation sites is 1. The van der Waals surface area contributed by atoms with Gasteiger partial charge >= 0.3 is 0 Å². The summed E-state index contributed by atoms with van der Waals surface area (Å²) in [6.45, 7) is 4.27. The zero-order valence-corrected chi connectivity index (χ0v) is 16.2. The van der Waals surface area contributed by atoms with E-state index >= 15 is 0 Å². The second-order valence-electron chi connectivity index (χ2n) is 6.06. The quantitative estimate of drug-likeness (QED) is 0.592. The van der Waals surface area contributed by atoms with E-state index in [1.807, 2.05) is 6.20 Å². The third kappa shape index (κ3) is 4.57. The van der Waals surface area contributed by atoms with Gasteiger partial charge in [0.1, 0.15) is 5.82 Å². The number of benzene rings is 2. The van der Waals surface area contributed by atoms with E-state index in [9.17, 15) is 9.18 Å². The highest BCUT2D eigenvalue weighted by Crippen LogP contribution is 2.27. The molecule has 1 aromatic heterocycles. The minimum Gasteiger partial charge on any atom is -0.325 e. The average Bonchev–Trinajstić information content (AvgIpc) is 3.15. The maximum atomic E-state index is 13.0. The molecule has 0 aliphatic rings. The lowest BCUT2D eigenvalue weighted by Gasteiger charge is -2.16. The van der Waals surface area contributed by atoms with E-state index in [0.717, 1.165) is 23.7 Å². The molecule has 0 bridgehead atoms. The Hall–Kier alpha value is -2.60. The number of thioether (sulfide) groups is 1. The van der Waals surface area contributed by atoms with Crippen LogP contribution in [0, 0.1) is 5.82 Å². The predicted molar refractivity (Wildman–Crippen MR) is 108 cm³/mol. The lowest BCUT2D eigenvalue weighted by Crippen LogP contribution is -2.14. The predicted octanol–water partition coefficient (Wildman–Crippen LogP) is 4.87. The Morgan fingerprint density at radius 3 is 2.41 bits per heavy atom. The van der Waals surface area contributed by atoms with Crippen LogP contribution in [0.2, 0.25) is 0 Å². The summed E-state index contributed by atoms with van der Waals surface area (Å²) < 4.78 is 15.0. The summed E-state index contributed by atoms with van der Waals surface area (Å²) in [5, 5.41) is 3.55. The van der Waals surface area contributed by atoms with Gasteiger partial charge in [0.15, 0.2) is 5.16 Å². The first-order valence-corrected chi connectivity index (χ1v) is 9.93. The van der Waals surface area contributed by atoms with Crippen molar-refractivity contribution in [2.75, 3.05) is 11.1 Å². The molecule has 6 heteroatoms. The van der Waals surface area contributed by atoms with Gasteiger partial charge in [0.2, 0.25) is 5.91 Å². The number of carbonyl (C=O) groups excluding carboxylic acids is 1. The van der Waals surface area contributed by atoms with Gasteiger partial charge in [0.25, 0.3) is 0 Å². The van der Waals surface area contributed by atoms with Crippen LogP contribution in [0.15, 0.2) is 60.0 Å². The smallest absolute Gasteiger partial charge is 0.234 e. The first-order valence-electron chi connectivity index (χ1n) is 8.95. The van der Waals surface area contributed by atoms with Crippen molar-refractivity contribution < 1.29 is 9.18 Å². The molecule has 27 heavy (non-hydrogen) atoms. The van der Waals surface area contributed by atoms with Crippen LogP contribution in [0.4, 0.5) is 10.1 Å². The number of rotatable bonds is 7.